The van der Waals surface area contributed by atoms with Gasteiger partial charge in [-0.15, -0.1) is 0 Å². The molecule has 1 rings (SSSR count). The molecule has 0 saturated heterocycles. The van der Waals surface area contributed by atoms with Gasteiger partial charge in [0.1, 0.15) is 11.5 Å². The van der Waals surface area contributed by atoms with Crippen LogP contribution in [0.5, 0.6) is 5.75 Å². The average molecular weight is 477 g/mol. The molecule has 0 aliphatic heterocycles. The fraction of sp³-hybridized carbons (Fsp3) is 0.679. The molecule has 33 heavy (non-hydrogen) atoms. The molecule has 0 unspecified atom stereocenters. The lowest BCUT2D eigenvalue weighted by atomic mass is 9.99. The van der Waals surface area contributed by atoms with Crippen molar-refractivity contribution in [2.45, 2.75) is 104 Å². The van der Waals surface area contributed by atoms with E-state index >= 15 is 0 Å². The summed E-state index contributed by atoms with van der Waals surface area (Å²) in [5.41, 5.74) is 3.84. The first-order valence-electron chi connectivity index (χ1n) is 12.5. The second-order valence-corrected chi connectivity index (χ2v) is 15.7. The smallest absolute Gasteiger partial charge is 0.200 e. The SMILES string of the molecule is CC[C@H](/C=C(/C)[C@H](CC(C)=O)OCc1cccc(OC)c1)CO[Si](C(C)C)(C(C)C)C(C)C. The van der Waals surface area contributed by atoms with Crippen molar-refractivity contribution < 1.29 is 18.7 Å². The molecule has 0 bridgehead atoms. The van der Waals surface area contributed by atoms with Crippen LogP contribution in [0.15, 0.2) is 35.9 Å². The van der Waals surface area contributed by atoms with E-state index < -0.39 is 8.32 Å². The molecule has 4 nitrogen and oxygen atoms in total. The molecule has 0 N–H and O–H groups in total. The summed E-state index contributed by atoms with van der Waals surface area (Å²) >= 11 is 0. The van der Waals surface area contributed by atoms with Gasteiger partial charge in [0.15, 0.2) is 8.32 Å². The van der Waals surface area contributed by atoms with E-state index in [2.05, 4.69) is 61.5 Å². The molecule has 0 radical (unpaired) electrons. The fourth-order valence-electron chi connectivity index (χ4n) is 5.09. The van der Waals surface area contributed by atoms with Crippen LogP contribution >= 0.6 is 0 Å². The van der Waals surface area contributed by atoms with Crippen LogP contribution in [0.2, 0.25) is 16.6 Å². The fourth-order valence-corrected chi connectivity index (χ4v) is 10.6. The summed E-state index contributed by atoms with van der Waals surface area (Å²) in [7, 11) is -0.245. The topological polar surface area (TPSA) is 44.8 Å². The van der Waals surface area contributed by atoms with E-state index in [-0.39, 0.29) is 11.9 Å². The van der Waals surface area contributed by atoms with Crippen LogP contribution < -0.4 is 4.74 Å². The highest BCUT2D eigenvalue weighted by Gasteiger charge is 2.45. The zero-order valence-electron chi connectivity index (χ0n) is 22.7. The number of hydrogen-bond acceptors (Lipinski definition) is 4. The Morgan fingerprint density at radius 1 is 1.03 bits per heavy atom. The van der Waals surface area contributed by atoms with Crippen molar-refractivity contribution in [3.05, 3.63) is 41.5 Å². The Labute approximate surface area is 204 Å². The van der Waals surface area contributed by atoms with Crippen molar-refractivity contribution in [2.75, 3.05) is 13.7 Å². The minimum Gasteiger partial charge on any atom is -0.497 e. The summed E-state index contributed by atoms with van der Waals surface area (Å²) in [5, 5.41) is 0. The van der Waals surface area contributed by atoms with Gasteiger partial charge in [-0.25, -0.2) is 0 Å². The van der Waals surface area contributed by atoms with Gasteiger partial charge in [0, 0.05) is 13.0 Å². The van der Waals surface area contributed by atoms with Gasteiger partial charge in [-0.1, -0.05) is 66.7 Å². The van der Waals surface area contributed by atoms with Gasteiger partial charge in [-0.05, 0) is 66.1 Å². The average Bonchev–Trinajstić information content (AvgIpc) is 2.75. The number of rotatable bonds is 15. The number of carbonyl (C=O) groups is 1. The summed E-state index contributed by atoms with van der Waals surface area (Å²) in [5.74, 6) is 1.25. The van der Waals surface area contributed by atoms with Gasteiger partial charge in [0.05, 0.1) is 19.8 Å². The molecule has 0 amide bonds. The zero-order chi connectivity index (χ0) is 25.2. The quantitative estimate of drug-likeness (QED) is 0.192. The Morgan fingerprint density at radius 2 is 1.64 bits per heavy atom. The van der Waals surface area contributed by atoms with Crippen LogP contribution in [-0.4, -0.2) is 33.9 Å². The molecular weight excluding hydrogens is 428 g/mol. The zero-order valence-corrected chi connectivity index (χ0v) is 23.7. The van der Waals surface area contributed by atoms with Crippen LogP contribution in [0.1, 0.15) is 80.7 Å². The van der Waals surface area contributed by atoms with E-state index in [4.69, 9.17) is 13.9 Å². The highest BCUT2D eigenvalue weighted by molar-refractivity contribution is 6.77. The highest BCUT2D eigenvalue weighted by atomic mass is 28.4. The predicted molar refractivity (Wildman–Crippen MR) is 141 cm³/mol. The Morgan fingerprint density at radius 3 is 2.12 bits per heavy atom. The number of Topliss-reactive ketones (excluding diaryl/α,β-unsaturated/α-hetero) is 1. The largest absolute Gasteiger partial charge is 0.497 e. The molecule has 0 aliphatic carbocycles. The summed E-state index contributed by atoms with van der Waals surface area (Å²) in [6, 6.07) is 7.87. The Kier molecular flexibility index (Phi) is 12.6. The monoisotopic (exact) mass is 476 g/mol. The highest BCUT2D eigenvalue weighted by Crippen LogP contribution is 2.42. The molecule has 1 aromatic carbocycles. The van der Waals surface area contributed by atoms with Crippen molar-refractivity contribution in [1.82, 2.24) is 0 Å². The third kappa shape index (κ3) is 8.69. The number of benzene rings is 1. The first-order chi connectivity index (χ1) is 15.5. The van der Waals surface area contributed by atoms with E-state index in [1.807, 2.05) is 24.3 Å². The van der Waals surface area contributed by atoms with Crippen molar-refractivity contribution in [1.29, 1.82) is 0 Å². The molecule has 0 saturated carbocycles. The summed E-state index contributed by atoms with van der Waals surface area (Å²) < 4.78 is 18.4. The normalized spacial score (nSPS) is 14.8. The van der Waals surface area contributed by atoms with Gasteiger partial charge < -0.3 is 13.9 Å². The van der Waals surface area contributed by atoms with Crippen LogP contribution in [0.3, 0.4) is 0 Å². The molecule has 0 spiro atoms. The maximum absolute atomic E-state index is 12.0. The third-order valence-electron chi connectivity index (χ3n) is 6.84. The number of methoxy groups -OCH3 is 1. The van der Waals surface area contributed by atoms with E-state index in [0.29, 0.717) is 35.6 Å². The second kappa shape index (κ2) is 14.1. The lowest BCUT2D eigenvalue weighted by molar-refractivity contribution is -0.119. The number of ketones is 1. The number of carbonyl (C=O) groups excluding carboxylic acids is 1. The van der Waals surface area contributed by atoms with Gasteiger partial charge in [0.2, 0.25) is 0 Å². The van der Waals surface area contributed by atoms with Crippen LogP contribution in [0.4, 0.5) is 0 Å². The van der Waals surface area contributed by atoms with E-state index in [0.717, 1.165) is 29.9 Å². The van der Waals surface area contributed by atoms with Gasteiger partial charge in [-0.3, -0.25) is 4.79 Å². The van der Waals surface area contributed by atoms with Gasteiger partial charge in [0.25, 0.3) is 0 Å². The molecule has 0 fully saturated rings. The van der Waals surface area contributed by atoms with Crippen molar-refractivity contribution in [3.63, 3.8) is 0 Å². The minimum atomic E-state index is -1.91. The minimum absolute atomic E-state index is 0.133. The van der Waals surface area contributed by atoms with Crippen LogP contribution in [0, 0.1) is 5.92 Å². The Hall–Kier alpha value is -1.43. The summed E-state index contributed by atoms with van der Waals surface area (Å²) in [6.07, 6.45) is 3.43. The summed E-state index contributed by atoms with van der Waals surface area (Å²) in [4.78, 5) is 12.0. The lowest BCUT2D eigenvalue weighted by Gasteiger charge is -2.43. The molecule has 2 atom stereocenters. The molecule has 0 aromatic heterocycles. The third-order valence-corrected chi connectivity index (χ3v) is 12.9. The predicted octanol–water partition coefficient (Wildman–Crippen LogP) is 7.72. The molecule has 0 heterocycles. The Balaban J connectivity index is 2.99. The molecule has 188 valence electrons. The molecule has 5 heteroatoms. The maximum atomic E-state index is 12.0. The van der Waals surface area contributed by atoms with Gasteiger partial charge >= 0.3 is 0 Å². The van der Waals surface area contributed by atoms with Crippen LogP contribution in [0.25, 0.3) is 0 Å². The Bertz CT molecular complexity index is 732. The number of ether oxygens (including phenoxy) is 2. The summed E-state index contributed by atoms with van der Waals surface area (Å²) in [6.45, 7) is 21.0. The standard InChI is InChI=1S/C28H48O4Si/c1-11-25(19-32-33(20(2)3,21(4)5)22(6)7)15-23(8)28(16-24(9)29)31-18-26-13-12-14-27(17-26)30-10/h12-15,17,20-22,25,28H,11,16,18-19H2,1-10H3/b23-15-/t25-,28+/m1/s1. The maximum Gasteiger partial charge on any atom is 0.200 e. The molecular formula is C28H48O4Si. The van der Waals surface area contributed by atoms with Crippen molar-refractivity contribution >= 4 is 14.1 Å². The molecule has 0 aliphatic rings. The number of hydrogen-bond donors (Lipinski definition) is 0. The van der Waals surface area contributed by atoms with Crippen LogP contribution in [-0.2, 0) is 20.6 Å². The van der Waals surface area contributed by atoms with E-state index in [1.165, 1.54) is 0 Å². The molecule has 1 aromatic rings. The van der Waals surface area contributed by atoms with Crippen molar-refractivity contribution in [3.8, 4) is 5.75 Å². The lowest BCUT2D eigenvalue weighted by Crippen LogP contribution is -2.48. The van der Waals surface area contributed by atoms with E-state index in [9.17, 15) is 4.79 Å². The first kappa shape index (κ1) is 29.6. The van der Waals surface area contributed by atoms with Gasteiger partial charge in [-0.2, -0.15) is 0 Å². The first-order valence-corrected chi connectivity index (χ1v) is 14.7. The van der Waals surface area contributed by atoms with Crippen molar-refractivity contribution in [2.24, 2.45) is 5.92 Å². The second-order valence-electron chi connectivity index (χ2n) is 10.3. The van der Waals surface area contributed by atoms with E-state index in [1.54, 1.807) is 14.0 Å².